The van der Waals surface area contributed by atoms with Crippen molar-refractivity contribution in [2.24, 2.45) is 0 Å². The summed E-state index contributed by atoms with van der Waals surface area (Å²) in [5.74, 6) is -3.99. The highest BCUT2D eigenvalue weighted by Gasteiger charge is 2.16. The highest BCUT2D eigenvalue weighted by molar-refractivity contribution is 6.30. The molecule has 0 bridgehead atoms. The molecule has 108 valence electrons. The van der Waals surface area contributed by atoms with Gasteiger partial charge in [-0.15, -0.1) is 0 Å². The third-order valence-corrected chi connectivity index (χ3v) is 2.91. The summed E-state index contributed by atoms with van der Waals surface area (Å²) >= 11 is 5.39. The summed E-state index contributed by atoms with van der Waals surface area (Å²) < 4.78 is 26.9. The number of amides is 1. The average molecular weight is 312 g/mol. The number of carboxylic acids is 1. The topological polar surface area (TPSA) is 66.4 Å². The molecule has 0 aliphatic carbocycles. The third kappa shape index (κ3) is 3.35. The highest BCUT2D eigenvalue weighted by Crippen LogP contribution is 2.20. The van der Waals surface area contributed by atoms with E-state index >= 15 is 0 Å². The predicted molar refractivity (Wildman–Crippen MR) is 72.7 cm³/mol. The number of anilines is 1. The maximum absolute atomic E-state index is 13.6. The predicted octanol–water partition coefficient (Wildman–Crippen LogP) is 3.57. The van der Waals surface area contributed by atoms with Gasteiger partial charge in [-0.3, -0.25) is 4.79 Å². The van der Waals surface area contributed by atoms with E-state index in [1.807, 2.05) is 0 Å². The van der Waals surface area contributed by atoms with Crippen LogP contribution in [0.3, 0.4) is 0 Å². The lowest BCUT2D eigenvalue weighted by molar-refractivity contribution is 0.0696. The van der Waals surface area contributed by atoms with E-state index in [1.54, 1.807) is 0 Å². The second-order valence-electron chi connectivity index (χ2n) is 4.09. The first kappa shape index (κ1) is 14.9. The van der Waals surface area contributed by atoms with Crippen molar-refractivity contribution < 1.29 is 23.5 Å². The van der Waals surface area contributed by atoms with Gasteiger partial charge in [-0.1, -0.05) is 17.7 Å². The molecule has 2 aromatic carbocycles. The first-order chi connectivity index (χ1) is 9.88. The van der Waals surface area contributed by atoms with Gasteiger partial charge in [-0.2, -0.15) is 0 Å². The highest BCUT2D eigenvalue weighted by atomic mass is 35.5. The van der Waals surface area contributed by atoms with Gasteiger partial charge in [0.05, 0.1) is 16.1 Å². The minimum atomic E-state index is -1.17. The molecule has 0 spiro atoms. The van der Waals surface area contributed by atoms with Crippen LogP contribution in [0.4, 0.5) is 14.5 Å². The minimum Gasteiger partial charge on any atom is -0.478 e. The van der Waals surface area contributed by atoms with Crippen molar-refractivity contribution in [3.8, 4) is 0 Å². The molecule has 2 N–H and O–H groups in total. The van der Waals surface area contributed by atoms with E-state index in [-0.39, 0.29) is 11.3 Å². The summed E-state index contributed by atoms with van der Waals surface area (Å²) in [7, 11) is 0. The Morgan fingerprint density at radius 2 is 1.81 bits per heavy atom. The Morgan fingerprint density at radius 1 is 1.10 bits per heavy atom. The number of hydrogen-bond donors (Lipinski definition) is 2. The molecule has 0 aliphatic heterocycles. The first-order valence-corrected chi connectivity index (χ1v) is 6.05. The fourth-order valence-electron chi connectivity index (χ4n) is 1.62. The Balaban J connectivity index is 2.28. The fourth-order valence-corrected chi connectivity index (χ4v) is 1.78. The summed E-state index contributed by atoms with van der Waals surface area (Å²) in [6.45, 7) is 0. The molecule has 2 aromatic rings. The van der Waals surface area contributed by atoms with Crippen molar-refractivity contribution in [2.45, 2.75) is 0 Å². The standard InChI is InChI=1S/C14H8ClF2NO3/c15-10-6-11(16)9(5-12(10)17)13(19)18-8-3-1-2-7(4-8)14(20)21/h1-6H,(H,18,19)(H,20,21). The Morgan fingerprint density at radius 3 is 2.48 bits per heavy atom. The number of carboxylic acid groups (broad SMARTS) is 1. The molecule has 0 fully saturated rings. The van der Waals surface area contributed by atoms with Gasteiger partial charge in [0, 0.05) is 5.69 Å². The van der Waals surface area contributed by atoms with Crippen LogP contribution in [-0.4, -0.2) is 17.0 Å². The molecule has 0 heterocycles. The Kier molecular flexibility index (Phi) is 4.18. The number of nitrogens with one attached hydrogen (secondary N) is 1. The first-order valence-electron chi connectivity index (χ1n) is 5.67. The zero-order chi connectivity index (χ0) is 15.6. The summed E-state index contributed by atoms with van der Waals surface area (Å²) in [6.07, 6.45) is 0. The molecule has 7 heteroatoms. The number of rotatable bonds is 3. The van der Waals surface area contributed by atoms with Crippen LogP contribution in [0.15, 0.2) is 36.4 Å². The number of aromatic carboxylic acids is 1. The second-order valence-corrected chi connectivity index (χ2v) is 4.49. The maximum atomic E-state index is 13.6. The monoisotopic (exact) mass is 311 g/mol. The van der Waals surface area contributed by atoms with E-state index in [2.05, 4.69) is 5.32 Å². The molecule has 2 rings (SSSR count). The molecule has 4 nitrogen and oxygen atoms in total. The Labute approximate surface area is 123 Å². The van der Waals surface area contributed by atoms with Gasteiger partial charge in [-0.25, -0.2) is 13.6 Å². The lowest BCUT2D eigenvalue weighted by Gasteiger charge is -2.07. The number of hydrogen-bond acceptors (Lipinski definition) is 2. The van der Waals surface area contributed by atoms with E-state index in [0.717, 1.165) is 0 Å². The van der Waals surface area contributed by atoms with Crippen LogP contribution < -0.4 is 5.32 Å². The van der Waals surface area contributed by atoms with E-state index < -0.39 is 34.1 Å². The smallest absolute Gasteiger partial charge is 0.335 e. The van der Waals surface area contributed by atoms with Gasteiger partial charge in [0.2, 0.25) is 0 Å². The van der Waals surface area contributed by atoms with Gasteiger partial charge in [0.25, 0.3) is 5.91 Å². The van der Waals surface area contributed by atoms with Crippen molar-refractivity contribution in [3.05, 3.63) is 64.2 Å². The van der Waals surface area contributed by atoms with Crippen LogP contribution in [0, 0.1) is 11.6 Å². The van der Waals surface area contributed by atoms with Gasteiger partial charge in [-0.05, 0) is 30.3 Å². The summed E-state index contributed by atoms with van der Waals surface area (Å²) in [6, 6.07) is 6.74. The molecule has 1 amide bonds. The molecule has 0 atom stereocenters. The van der Waals surface area contributed by atoms with Crippen molar-refractivity contribution in [1.82, 2.24) is 0 Å². The van der Waals surface area contributed by atoms with Crippen molar-refractivity contribution in [2.75, 3.05) is 5.32 Å². The number of carbonyl (C=O) groups is 2. The number of carbonyl (C=O) groups excluding carboxylic acids is 1. The molecule has 21 heavy (non-hydrogen) atoms. The molecular weight excluding hydrogens is 304 g/mol. The van der Waals surface area contributed by atoms with Gasteiger partial charge >= 0.3 is 5.97 Å². The zero-order valence-electron chi connectivity index (χ0n) is 10.4. The fraction of sp³-hybridized carbons (Fsp3) is 0. The third-order valence-electron chi connectivity index (χ3n) is 2.62. The van der Waals surface area contributed by atoms with E-state index in [4.69, 9.17) is 16.7 Å². The van der Waals surface area contributed by atoms with Gasteiger partial charge < -0.3 is 10.4 Å². The van der Waals surface area contributed by atoms with E-state index in [1.165, 1.54) is 24.3 Å². The number of halogens is 3. The van der Waals surface area contributed by atoms with Crippen LogP contribution >= 0.6 is 11.6 Å². The molecule has 0 saturated heterocycles. The SMILES string of the molecule is O=C(O)c1cccc(NC(=O)c2cc(F)c(Cl)cc2F)c1. The van der Waals surface area contributed by atoms with Gasteiger partial charge in [0.15, 0.2) is 0 Å². The van der Waals surface area contributed by atoms with Gasteiger partial charge in [0.1, 0.15) is 11.6 Å². The zero-order valence-corrected chi connectivity index (χ0v) is 11.1. The lowest BCUT2D eigenvalue weighted by Crippen LogP contribution is -2.14. The summed E-state index contributed by atoms with van der Waals surface area (Å²) in [4.78, 5) is 22.7. The molecular formula is C14H8ClF2NO3. The van der Waals surface area contributed by atoms with Crippen molar-refractivity contribution in [3.63, 3.8) is 0 Å². The van der Waals surface area contributed by atoms with Crippen LogP contribution in [0.25, 0.3) is 0 Å². The molecule has 0 aromatic heterocycles. The molecule has 0 aliphatic rings. The van der Waals surface area contributed by atoms with E-state index in [9.17, 15) is 18.4 Å². The van der Waals surface area contributed by atoms with Crippen LogP contribution in [0.1, 0.15) is 20.7 Å². The van der Waals surface area contributed by atoms with Crippen molar-refractivity contribution in [1.29, 1.82) is 0 Å². The normalized spacial score (nSPS) is 10.2. The quantitative estimate of drug-likeness (QED) is 0.852. The average Bonchev–Trinajstić information content (AvgIpc) is 2.43. The maximum Gasteiger partial charge on any atom is 0.335 e. The second kappa shape index (κ2) is 5.88. The molecule has 0 saturated carbocycles. The largest absolute Gasteiger partial charge is 0.478 e. The van der Waals surface area contributed by atoms with Crippen LogP contribution in [0.5, 0.6) is 0 Å². The lowest BCUT2D eigenvalue weighted by atomic mass is 10.1. The molecule has 0 unspecified atom stereocenters. The van der Waals surface area contributed by atoms with Crippen molar-refractivity contribution >= 4 is 29.2 Å². The summed E-state index contributed by atoms with van der Waals surface area (Å²) in [5, 5.41) is 10.7. The van der Waals surface area contributed by atoms with E-state index in [0.29, 0.717) is 12.1 Å². The van der Waals surface area contributed by atoms with Crippen LogP contribution in [0.2, 0.25) is 5.02 Å². The molecule has 0 radical (unpaired) electrons. The number of benzene rings is 2. The summed E-state index contributed by atoms with van der Waals surface area (Å²) in [5.41, 5.74) is -0.428. The Bertz CT molecular complexity index is 734. The van der Waals surface area contributed by atoms with Crippen LogP contribution in [-0.2, 0) is 0 Å². The Hall–Kier alpha value is -2.47. The minimum absolute atomic E-state index is 0.0458.